The first-order chi connectivity index (χ1) is 15.0. The lowest BCUT2D eigenvalue weighted by molar-refractivity contribution is -0.133. The molecule has 0 aromatic heterocycles. The van der Waals surface area contributed by atoms with E-state index in [0.29, 0.717) is 23.7 Å². The molecule has 1 aromatic carbocycles. The number of nitrogens with one attached hydrogen (secondary N) is 1. The number of anilines is 1. The number of ether oxygens (including phenoxy) is 2. The molecule has 31 heavy (non-hydrogen) atoms. The highest BCUT2D eigenvalue weighted by molar-refractivity contribution is 5.94. The van der Waals surface area contributed by atoms with Crippen LogP contribution < -0.4 is 14.8 Å². The molecule has 0 bridgehead atoms. The maximum atomic E-state index is 12.8. The highest BCUT2D eigenvalue weighted by Crippen LogP contribution is 2.29. The van der Waals surface area contributed by atoms with Gasteiger partial charge in [0.1, 0.15) is 0 Å². The van der Waals surface area contributed by atoms with E-state index in [9.17, 15) is 9.59 Å². The number of nitrogens with zero attached hydrogens (tertiary/aromatic N) is 3. The fourth-order valence-corrected chi connectivity index (χ4v) is 4.25. The van der Waals surface area contributed by atoms with Gasteiger partial charge in [0, 0.05) is 51.0 Å². The summed E-state index contributed by atoms with van der Waals surface area (Å²) in [7, 11) is 3.16. The fraction of sp³-hybridized carbons (Fsp3) is 0.652. The van der Waals surface area contributed by atoms with Crippen LogP contribution >= 0.6 is 0 Å². The zero-order valence-electron chi connectivity index (χ0n) is 19.1. The maximum absolute atomic E-state index is 12.8. The normalized spacial score (nSPS) is 19.4. The van der Waals surface area contributed by atoms with E-state index in [1.807, 2.05) is 11.8 Å². The Morgan fingerprint density at radius 3 is 2.19 bits per heavy atom. The number of hydrogen-bond acceptors (Lipinski definition) is 6. The fourth-order valence-electron chi connectivity index (χ4n) is 4.25. The molecule has 2 fully saturated rings. The van der Waals surface area contributed by atoms with Crippen LogP contribution in [0.1, 0.15) is 32.6 Å². The second-order valence-electron chi connectivity index (χ2n) is 8.34. The summed E-state index contributed by atoms with van der Waals surface area (Å²) < 4.78 is 10.5. The summed E-state index contributed by atoms with van der Waals surface area (Å²) in [4.78, 5) is 31.8. The van der Waals surface area contributed by atoms with Gasteiger partial charge < -0.3 is 19.7 Å². The van der Waals surface area contributed by atoms with E-state index in [1.165, 1.54) is 12.8 Å². The van der Waals surface area contributed by atoms with Crippen LogP contribution in [0, 0.1) is 0 Å². The van der Waals surface area contributed by atoms with Crippen LogP contribution in [-0.4, -0.2) is 92.6 Å². The minimum absolute atomic E-state index is 0.0543. The van der Waals surface area contributed by atoms with Crippen LogP contribution in [0.5, 0.6) is 11.5 Å². The molecule has 0 radical (unpaired) electrons. The van der Waals surface area contributed by atoms with Crippen molar-refractivity contribution in [3.8, 4) is 11.5 Å². The highest BCUT2D eigenvalue weighted by atomic mass is 16.5. The van der Waals surface area contributed by atoms with E-state index in [0.717, 1.165) is 52.1 Å². The van der Waals surface area contributed by atoms with Crippen LogP contribution in [0.3, 0.4) is 0 Å². The Morgan fingerprint density at radius 1 is 0.935 bits per heavy atom. The predicted octanol–water partition coefficient (Wildman–Crippen LogP) is 2.05. The molecule has 1 unspecified atom stereocenters. The third-order valence-corrected chi connectivity index (χ3v) is 6.30. The molecule has 2 aliphatic rings. The van der Waals surface area contributed by atoms with Gasteiger partial charge in [-0.1, -0.05) is 12.8 Å². The summed E-state index contributed by atoms with van der Waals surface area (Å²) in [6.07, 6.45) is 4.69. The molecule has 2 amide bonds. The van der Waals surface area contributed by atoms with Gasteiger partial charge in [0.05, 0.1) is 26.8 Å². The van der Waals surface area contributed by atoms with E-state index in [-0.39, 0.29) is 17.9 Å². The van der Waals surface area contributed by atoms with Gasteiger partial charge in [0.15, 0.2) is 11.5 Å². The number of piperazine rings is 1. The molecule has 0 aliphatic carbocycles. The molecule has 8 heteroatoms. The van der Waals surface area contributed by atoms with Gasteiger partial charge in [0.25, 0.3) is 0 Å². The van der Waals surface area contributed by atoms with E-state index in [1.54, 1.807) is 32.4 Å². The Labute approximate surface area is 185 Å². The minimum Gasteiger partial charge on any atom is -0.493 e. The van der Waals surface area contributed by atoms with Crippen molar-refractivity contribution in [2.24, 2.45) is 0 Å². The summed E-state index contributed by atoms with van der Waals surface area (Å²) in [5.41, 5.74) is 0.677. The number of likely N-dealkylation sites (tertiary alicyclic amines) is 1. The molecule has 2 aliphatic heterocycles. The molecular weight excluding hydrogens is 396 g/mol. The number of hydrogen-bond donors (Lipinski definition) is 1. The predicted molar refractivity (Wildman–Crippen MR) is 121 cm³/mol. The molecule has 0 spiro atoms. The van der Waals surface area contributed by atoms with Crippen LogP contribution in [0.15, 0.2) is 18.2 Å². The Kier molecular flexibility index (Phi) is 8.54. The van der Waals surface area contributed by atoms with Crippen molar-refractivity contribution >= 4 is 17.5 Å². The molecule has 8 nitrogen and oxygen atoms in total. The average Bonchev–Trinajstić information content (AvgIpc) is 3.08. The molecule has 2 saturated heterocycles. The molecule has 1 atom stereocenters. The zero-order valence-corrected chi connectivity index (χ0v) is 19.1. The lowest BCUT2D eigenvalue weighted by Crippen LogP contribution is -2.54. The average molecular weight is 433 g/mol. The Hall–Kier alpha value is -2.32. The monoisotopic (exact) mass is 432 g/mol. The van der Waals surface area contributed by atoms with Gasteiger partial charge in [-0.05, 0) is 31.9 Å². The first-order valence-electron chi connectivity index (χ1n) is 11.3. The molecule has 172 valence electrons. The van der Waals surface area contributed by atoms with Crippen molar-refractivity contribution in [3.63, 3.8) is 0 Å². The number of benzene rings is 1. The standard InChI is InChI=1S/C23H36N4O4/c1-18(23(29)24-19-8-9-20(30-2)21(16-19)31-3)26-14-12-25(13-15-26)17-22(28)27-10-6-4-5-7-11-27/h8-9,16,18H,4-7,10-15,17H2,1-3H3,(H,24,29). The minimum atomic E-state index is -0.253. The second-order valence-corrected chi connectivity index (χ2v) is 8.34. The Bertz CT molecular complexity index is 741. The lowest BCUT2D eigenvalue weighted by atomic mass is 10.2. The summed E-state index contributed by atoms with van der Waals surface area (Å²) in [6, 6.07) is 5.09. The molecule has 2 heterocycles. The smallest absolute Gasteiger partial charge is 0.241 e. The van der Waals surface area contributed by atoms with E-state index in [2.05, 4.69) is 15.1 Å². The van der Waals surface area contributed by atoms with Crippen molar-refractivity contribution in [2.45, 2.75) is 38.6 Å². The molecule has 0 saturated carbocycles. The Morgan fingerprint density at radius 2 is 1.58 bits per heavy atom. The topological polar surface area (TPSA) is 74.4 Å². The zero-order chi connectivity index (χ0) is 22.2. The largest absolute Gasteiger partial charge is 0.493 e. The van der Waals surface area contributed by atoms with Gasteiger partial charge >= 0.3 is 0 Å². The van der Waals surface area contributed by atoms with Gasteiger partial charge in [0.2, 0.25) is 11.8 Å². The van der Waals surface area contributed by atoms with Gasteiger partial charge in [-0.15, -0.1) is 0 Å². The second kappa shape index (κ2) is 11.3. The van der Waals surface area contributed by atoms with Crippen LogP contribution in [0.4, 0.5) is 5.69 Å². The van der Waals surface area contributed by atoms with Crippen LogP contribution in [0.25, 0.3) is 0 Å². The molecule has 3 rings (SSSR count). The lowest BCUT2D eigenvalue weighted by Gasteiger charge is -2.37. The number of rotatable bonds is 7. The van der Waals surface area contributed by atoms with Crippen molar-refractivity contribution in [3.05, 3.63) is 18.2 Å². The number of methoxy groups -OCH3 is 2. The third kappa shape index (κ3) is 6.33. The molecule has 1 aromatic rings. The van der Waals surface area contributed by atoms with Gasteiger partial charge in [-0.3, -0.25) is 19.4 Å². The van der Waals surface area contributed by atoms with Crippen molar-refractivity contribution in [1.82, 2.24) is 14.7 Å². The van der Waals surface area contributed by atoms with Crippen molar-refractivity contribution in [2.75, 3.05) is 65.3 Å². The molecule has 1 N–H and O–H groups in total. The van der Waals surface area contributed by atoms with Gasteiger partial charge in [-0.25, -0.2) is 0 Å². The SMILES string of the molecule is COc1ccc(NC(=O)C(C)N2CCN(CC(=O)N3CCCCCC3)CC2)cc1OC. The molecular formula is C23H36N4O4. The highest BCUT2D eigenvalue weighted by Gasteiger charge is 2.27. The Balaban J connectivity index is 1.46. The maximum Gasteiger partial charge on any atom is 0.241 e. The van der Waals surface area contributed by atoms with Crippen molar-refractivity contribution < 1.29 is 19.1 Å². The van der Waals surface area contributed by atoms with E-state index >= 15 is 0 Å². The number of carbonyl (C=O) groups excluding carboxylic acids is 2. The van der Waals surface area contributed by atoms with Crippen LogP contribution in [-0.2, 0) is 9.59 Å². The van der Waals surface area contributed by atoms with E-state index < -0.39 is 0 Å². The quantitative estimate of drug-likeness (QED) is 0.711. The number of carbonyl (C=O) groups is 2. The first-order valence-corrected chi connectivity index (χ1v) is 11.3. The number of amides is 2. The van der Waals surface area contributed by atoms with Crippen molar-refractivity contribution in [1.29, 1.82) is 0 Å². The summed E-state index contributed by atoms with van der Waals surface area (Å²) in [5, 5.41) is 2.97. The summed E-state index contributed by atoms with van der Waals surface area (Å²) >= 11 is 0. The third-order valence-electron chi connectivity index (χ3n) is 6.30. The van der Waals surface area contributed by atoms with Crippen LogP contribution in [0.2, 0.25) is 0 Å². The van der Waals surface area contributed by atoms with Gasteiger partial charge in [-0.2, -0.15) is 0 Å². The first kappa shape index (κ1) is 23.3. The van der Waals surface area contributed by atoms with E-state index in [4.69, 9.17) is 9.47 Å². The summed E-state index contributed by atoms with van der Waals surface area (Å²) in [6.45, 7) is 7.34. The summed E-state index contributed by atoms with van der Waals surface area (Å²) in [5.74, 6) is 1.39.